The summed E-state index contributed by atoms with van der Waals surface area (Å²) in [5.74, 6) is 1.29. The van der Waals surface area contributed by atoms with Gasteiger partial charge in [0.2, 0.25) is 0 Å². The Morgan fingerprint density at radius 2 is 1.63 bits per heavy atom. The molecule has 0 N–H and O–H groups in total. The lowest BCUT2D eigenvalue weighted by molar-refractivity contribution is 0.205. The van der Waals surface area contributed by atoms with Gasteiger partial charge in [0.25, 0.3) is 5.90 Å². The van der Waals surface area contributed by atoms with Crippen molar-refractivity contribution < 1.29 is 9.57 Å². The Morgan fingerprint density at radius 1 is 0.947 bits per heavy atom. The molecule has 3 rings (SSSR count). The summed E-state index contributed by atoms with van der Waals surface area (Å²) in [5.41, 5.74) is 3.07. The third-order valence-corrected chi connectivity index (χ3v) is 2.90. The second-order valence-electron chi connectivity index (χ2n) is 4.15. The summed E-state index contributed by atoms with van der Waals surface area (Å²) in [6.45, 7) is 0. The monoisotopic (exact) mass is 251 g/mol. The van der Waals surface area contributed by atoms with E-state index in [4.69, 9.17) is 9.57 Å². The van der Waals surface area contributed by atoms with Crippen molar-refractivity contribution in [2.75, 3.05) is 7.11 Å². The van der Waals surface area contributed by atoms with Gasteiger partial charge in [-0.1, -0.05) is 48.5 Å². The quantitative estimate of drug-likeness (QED) is 0.764. The Labute approximate surface area is 111 Å². The first-order chi connectivity index (χ1) is 9.38. The highest BCUT2D eigenvalue weighted by Crippen LogP contribution is 2.31. The number of nitrogens with zero attached hydrogens (tertiary/aromatic N) is 1. The Kier molecular flexibility index (Phi) is 3.02. The van der Waals surface area contributed by atoms with Gasteiger partial charge in [-0.15, -0.1) is 0 Å². The highest BCUT2D eigenvalue weighted by molar-refractivity contribution is 6.08. The zero-order chi connectivity index (χ0) is 13.1. The summed E-state index contributed by atoms with van der Waals surface area (Å²) in [7, 11) is 1.51. The van der Waals surface area contributed by atoms with E-state index in [-0.39, 0.29) is 0 Å². The van der Waals surface area contributed by atoms with Crippen molar-refractivity contribution in [2.45, 2.75) is 0 Å². The van der Waals surface area contributed by atoms with Crippen molar-refractivity contribution in [2.24, 2.45) is 5.16 Å². The molecule has 19 heavy (non-hydrogen) atoms. The average molecular weight is 251 g/mol. The van der Waals surface area contributed by atoms with E-state index in [0.717, 1.165) is 22.4 Å². The van der Waals surface area contributed by atoms with E-state index in [1.165, 1.54) is 7.11 Å². The summed E-state index contributed by atoms with van der Waals surface area (Å²) in [6, 6.07) is 18.0. The SMILES string of the molecule is CO/N=C1/O/C(=C/c2ccccc2)c2ccccc21. The predicted molar refractivity (Wildman–Crippen MR) is 75.4 cm³/mol. The molecule has 0 unspecified atom stereocenters. The molecule has 0 aromatic heterocycles. The molecule has 3 heteroatoms. The Bertz CT molecular complexity index is 645. The summed E-state index contributed by atoms with van der Waals surface area (Å²) in [5, 5.41) is 3.91. The van der Waals surface area contributed by atoms with Crippen LogP contribution in [0.15, 0.2) is 59.8 Å². The van der Waals surface area contributed by atoms with Crippen LogP contribution in [0.25, 0.3) is 11.8 Å². The molecule has 0 amide bonds. The van der Waals surface area contributed by atoms with Crippen LogP contribution in [0.2, 0.25) is 0 Å². The normalized spacial score (nSPS) is 17.3. The minimum atomic E-state index is 0.500. The topological polar surface area (TPSA) is 30.8 Å². The molecule has 94 valence electrons. The molecule has 0 aliphatic carbocycles. The Hall–Kier alpha value is -2.55. The van der Waals surface area contributed by atoms with Gasteiger partial charge >= 0.3 is 0 Å². The molecule has 0 fully saturated rings. The van der Waals surface area contributed by atoms with Crippen LogP contribution in [-0.2, 0) is 9.57 Å². The van der Waals surface area contributed by atoms with Gasteiger partial charge in [-0.3, -0.25) is 0 Å². The van der Waals surface area contributed by atoms with Crippen LogP contribution in [0, 0.1) is 0 Å². The molecular formula is C16H13NO2. The van der Waals surface area contributed by atoms with E-state index in [2.05, 4.69) is 5.16 Å². The van der Waals surface area contributed by atoms with Gasteiger partial charge in [0.1, 0.15) is 12.9 Å². The van der Waals surface area contributed by atoms with E-state index < -0.39 is 0 Å². The standard InChI is InChI=1S/C16H13NO2/c1-18-17-16-14-10-6-5-9-13(14)15(19-16)11-12-7-3-2-4-8-12/h2-11H,1H3/b15-11+,17-16+. The molecule has 0 spiro atoms. The molecule has 0 atom stereocenters. The van der Waals surface area contributed by atoms with Crippen molar-refractivity contribution >= 4 is 17.7 Å². The summed E-state index contributed by atoms with van der Waals surface area (Å²) in [6.07, 6.45) is 2.00. The number of ether oxygens (including phenoxy) is 1. The number of oxime groups is 1. The summed E-state index contributed by atoms with van der Waals surface area (Å²) in [4.78, 5) is 4.82. The largest absolute Gasteiger partial charge is 0.435 e. The first kappa shape index (κ1) is 11.5. The van der Waals surface area contributed by atoms with Gasteiger partial charge in [0.05, 0.1) is 5.56 Å². The molecule has 1 aliphatic heterocycles. The molecular weight excluding hydrogens is 238 g/mol. The second-order valence-corrected chi connectivity index (χ2v) is 4.15. The van der Waals surface area contributed by atoms with Crippen LogP contribution in [0.3, 0.4) is 0 Å². The lowest BCUT2D eigenvalue weighted by Gasteiger charge is -1.99. The third-order valence-electron chi connectivity index (χ3n) is 2.90. The minimum absolute atomic E-state index is 0.500. The number of rotatable bonds is 2. The highest BCUT2D eigenvalue weighted by atomic mass is 16.6. The lowest BCUT2D eigenvalue weighted by Crippen LogP contribution is -1.97. The summed E-state index contributed by atoms with van der Waals surface area (Å²) < 4.78 is 5.76. The summed E-state index contributed by atoms with van der Waals surface area (Å²) >= 11 is 0. The minimum Gasteiger partial charge on any atom is -0.435 e. The van der Waals surface area contributed by atoms with Gasteiger partial charge < -0.3 is 9.57 Å². The van der Waals surface area contributed by atoms with Crippen LogP contribution in [0.1, 0.15) is 16.7 Å². The first-order valence-corrected chi connectivity index (χ1v) is 6.04. The van der Waals surface area contributed by atoms with Crippen LogP contribution >= 0.6 is 0 Å². The lowest BCUT2D eigenvalue weighted by atomic mass is 10.1. The fourth-order valence-electron chi connectivity index (χ4n) is 2.06. The molecule has 0 radical (unpaired) electrons. The maximum atomic E-state index is 5.76. The fourth-order valence-corrected chi connectivity index (χ4v) is 2.06. The van der Waals surface area contributed by atoms with E-state index >= 15 is 0 Å². The van der Waals surface area contributed by atoms with Crippen LogP contribution in [0.4, 0.5) is 0 Å². The highest BCUT2D eigenvalue weighted by Gasteiger charge is 2.24. The van der Waals surface area contributed by atoms with Gasteiger partial charge in [-0.25, -0.2) is 0 Å². The van der Waals surface area contributed by atoms with Crippen molar-refractivity contribution in [3.8, 4) is 0 Å². The fraction of sp³-hybridized carbons (Fsp3) is 0.0625. The van der Waals surface area contributed by atoms with Crippen molar-refractivity contribution in [3.63, 3.8) is 0 Å². The predicted octanol–water partition coefficient (Wildman–Crippen LogP) is 3.52. The van der Waals surface area contributed by atoms with Crippen molar-refractivity contribution in [3.05, 3.63) is 71.3 Å². The molecule has 0 bridgehead atoms. The van der Waals surface area contributed by atoms with Crippen molar-refractivity contribution in [1.29, 1.82) is 0 Å². The van der Waals surface area contributed by atoms with Gasteiger partial charge in [0.15, 0.2) is 0 Å². The zero-order valence-corrected chi connectivity index (χ0v) is 10.5. The molecule has 1 aliphatic rings. The Morgan fingerprint density at radius 3 is 2.37 bits per heavy atom. The number of hydrogen-bond donors (Lipinski definition) is 0. The first-order valence-electron chi connectivity index (χ1n) is 6.04. The molecule has 2 aromatic carbocycles. The molecule has 1 heterocycles. The smallest absolute Gasteiger partial charge is 0.263 e. The zero-order valence-electron chi connectivity index (χ0n) is 10.5. The molecule has 0 saturated heterocycles. The van der Waals surface area contributed by atoms with E-state index in [1.807, 2.05) is 60.7 Å². The maximum absolute atomic E-state index is 5.76. The number of fused-ring (bicyclic) bond motifs is 1. The maximum Gasteiger partial charge on any atom is 0.263 e. The van der Waals surface area contributed by atoms with Crippen molar-refractivity contribution in [1.82, 2.24) is 0 Å². The number of hydrogen-bond acceptors (Lipinski definition) is 3. The second kappa shape index (κ2) is 4.98. The van der Waals surface area contributed by atoms with E-state index in [0.29, 0.717) is 5.90 Å². The van der Waals surface area contributed by atoms with Gasteiger partial charge in [-0.05, 0) is 22.9 Å². The molecule has 2 aromatic rings. The number of benzene rings is 2. The Balaban J connectivity index is 2.06. The van der Waals surface area contributed by atoms with E-state index in [9.17, 15) is 0 Å². The van der Waals surface area contributed by atoms with Gasteiger partial charge in [-0.2, -0.15) is 0 Å². The van der Waals surface area contributed by atoms with Crippen LogP contribution in [-0.4, -0.2) is 13.0 Å². The van der Waals surface area contributed by atoms with Crippen LogP contribution < -0.4 is 0 Å². The average Bonchev–Trinajstić information content (AvgIpc) is 2.79. The third kappa shape index (κ3) is 2.22. The molecule has 3 nitrogen and oxygen atoms in total. The van der Waals surface area contributed by atoms with Gasteiger partial charge in [0, 0.05) is 5.56 Å². The van der Waals surface area contributed by atoms with Crippen LogP contribution in [0.5, 0.6) is 0 Å². The van der Waals surface area contributed by atoms with E-state index in [1.54, 1.807) is 0 Å². The molecule has 0 saturated carbocycles.